The Labute approximate surface area is 204 Å². The molecule has 1 aliphatic carbocycles. The van der Waals surface area contributed by atoms with E-state index in [1.54, 1.807) is 0 Å². The van der Waals surface area contributed by atoms with Crippen molar-refractivity contribution >= 4 is 11.8 Å². The van der Waals surface area contributed by atoms with E-state index in [2.05, 4.69) is 35.4 Å². The van der Waals surface area contributed by atoms with Crippen LogP contribution in [0.4, 0.5) is 0 Å². The van der Waals surface area contributed by atoms with Gasteiger partial charge in [0.05, 0.1) is 11.7 Å². The van der Waals surface area contributed by atoms with Crippen LogP contribution in [0.2, 0.25) is 0 Å². The first-order valence-electron chi connectivity index (χ1n) is 13.1. The van der Waals surface area contributed by atoms with Crippen LogP contribution < -0.4 is 5.32 Å². The van der Waals surface area contributed by atoms with Crippen LogP contribution in [-0.4, -0.2) is 34.3 Å². The summed E-state index contributed by atoms with van der Waals surface area (Å²) < 4.78 is 0. The molecule has 0 bridgehead atoms. The lowest BCUT2D eigenvalue weighted by molar-refractivity contribution is -0.140. The quantitative estimate of drug-likeness (QED) is 0.564. The lowest BCUT2D eigenvalue weighted by Crippen LogP contribution is -2.53. The van der Waals surface area contributed by atoms with Crippen molar-refractivity contribution in [3.63, 3.8) is 0 Å². The summed E-state index contributed by atoms with van der Waals surface area (Å²) in [5, 5.41) is 3.19. The van der Waals surface area contributed by atoms with Gasteiger partial charge in [0.25, 0.3) is 0 Å². The van der Waals surface area contributed by atoms with Crippen LogP contribution in [0.3, 0.4) is 0 Å². The van der Waals surface area contributed by atoms with Crippen molar-refractivity contribution in [3.8, 4) is 11.3 Å². The van der Waals surface area contributed by atoms with Crippen LogP contribution >= 0.6 is 0 Å². The summed E-state index contributed by atoms with van der Waals surface area (Å²) in [6.45, 7) is 6.81. The second kappa shape index (κ2) is 11.2. The van der Waals surface area contributed by atoms with Crippen molar-refractivity contribution in [1.29, 1.82) is 0 Å². The summed E-state index contributed by atoms with van der Waals surface area (Å²) in [7, 11) is 0. The van der Waals surface area contributed by atoms with Crippen LogP contribution in [0.5, 0.6) is 0 Å². The highest BCUT2D eigenvalue weighted by molar-refractivity contribution is 5.89. The maximum Gasteiger partial charge on any atom is 0.245 e. The molecular weight excluding hydrogens is 422 g/mol. The molecule has 0 radical (unpaired) electrons. The molecule has 1 N–H and O–H groups in total. The average molecular weight is 462 g/mol. The summed E-state index contributed by atoms with van der Waals surface area (Å²) in [6, 6.07) is 12.1. The van der Waals surface area contributed by atoms with Crippen molar-refractivity contribution < 1.29 is 9.59 Å². The minimum atomic E-state index is -0.417. The summed E-state index contributed by atoms with van der Waals surface area (Å²) in [5.74, 6) is 0.258. The normalized spacial score (nSPS) is 20.7. The molecule has 182 valence electrons. The molecule has 5 heteroatoms. The number of hydrogen-bond acceptors (Lipinski definition) is 3. The number of aryl methyl sites for hydroxylation is 1. The molecule has 3 atom stereocenters. The smallest absolute Gasteiger partial charge is 0.245 e. The molecule has 2 fully saturated rings. The molecule has 3 unspecified atom stereocenters. The molecule has 0 spiro atoms. The molecule has 1 aliphatic heterocycles. The number of carbonyl (C=O) groups excluding carboxylic acids is 2. The van der Waals surface area contributed by atoms with Gasteiger partial charge in [-0.3, -0.25) is 14.6 Å². The number of pyridine rings is 1. The van der Waals surface area contributed by atoms with Gasteiger partial charge in [0.2, 0.25) is 11.8 Å². The zero-order chi connectivity index (χ0) is 24.1. The van der Waals surface area contributed by atoms with E-state index >= 15 is 0 Å². The topological polar surface area (TPSA) is 62.3 Å². The highest BCUT2D eigenvalue weighted by Gasteiger charge is 2.39. The molecule has 2 aromatic rings. The van der Waals surface area contributed by atoms with E-state index in [4.69, 9.17) is 0 Å². The molecule has 1 aromatic heterocycles. The Bertz CT molecular complexity index is 998. The van der Waals surface area contributed by atoms with E-state index in [0.29, 0.717) is 0 Å². The lowest BCUT2D eigenvalue weighted by atomic mass is 9.83. The third-order valence-electron chi connectivity index (χ3n) is 7.87. The number of amides is 2. The molecule has 2 heterocycles. The Morgan fingerprint density at radius 2 is 1.85 bits per heavy atom. The minimum absolute atomic E-state index is 0.00733. The Balaban J connectivity index is 1.59. The standard InChI is InChI=1S/C29H39N3O2/c1-4-20(2)28(33)31-27(22-12-6-5-7-13-22)29(34)32-18-10-15-26(32)23-16-17-30-25(19-23)24-14-9-8-11-21(24)3/h8-9,11,14,16-17,19-20,22,26-27H,4-7,10,12-13,15,18H2,1-3H3,(H,31,33). The van der Waals surface area contributed by atoms with Gasteiger partial charge in [-0.25, -0.2) is 0 Å². The van der Waals surface area contributed by atoms with Gasteiger partial charge in [-0.2, -0.15) is 0 Å². The van der Waals surface area contributed by atoms with Gasteiger partial charge in [0.1, 0.15) is 6.04 Å². The number of likely N-dealkylation sites (tertiary alicyclic amines) is 1. The highest BCUT2D eigenvalue weighted by atomic mass is 16.2. The van der Waals surface area contributed by atoms with Crippen molar-refractivity contribution in [2.75, 3.05) is 6.54 Å². The highest BCUT2D eigenvalue weighted by Crippen LogP contribution is 2.36. The first-order valence-corrected chi connectivity index (χ1v) is 13.1. The summed E-state index contributed by atoms with van der Waals surface area (Å²) in [6.07, 6.45) is 10.1. The Morgan fingerprint density at radius 3 is 2.59 bits per heavy atom. The fraction of sp³-hybridized carbons (Fsp3) is 0.552. The summed E-state index contributed by atoms with van der Waals surface area (Å²) in [4.78, 5) is 33.5. The third-order valence-corrected chi connectivity index (χ3v) is 7.87. The van der Waals surface area contributed by atoms with E-state index in [-0.39, 0.29) is 29.7 Å². The number of aromatic nitrogens is 1. The predicted octanol–water partition coefficient (Wildman–Crippen LogP) is 5.83. The molecule has 2 aliphatic rings. The van der Waals surface area contributed by atoms with Crippen LogP contribution in [-0.2, 0) is 9.59 Å². The monoisotopic (exact) mass is 461 g/mol. The maximum atomic E-state index is 14.0. The summed E-state index contributed by atoms with van der Waals surface area (Å²) in [5.41, 5.74) is 4.40. The minimum Gasteiger partial charge on any atom is -0.344 e. The number of carbonyl (C=O) groups is 2. The third kappa shape index (κ3) is 5.34. The predicted molar refractivity (Wildman–Crippen MR) is 136 cm³/mol. The number of nitrogens with one attached hydrogen (secondary N) is 1. The Kier molecular flexibility index (Phi) is 8.02. The van der Waals surface area contributed by atoms with Gasteiger partial charge in [-0.15, -0.1) is 0 Å². The van der Waals surface area contributed by atoms with Gasteiger partial charge in [0, 0.05) is 24.2 Å². The zero-order valence-electron chi connectivity index (χ0n) is 20.9. The summed E-state index contributed by atoms with van der Waals surface area (Å²) >= 11 is 0. The molecule has 2 amide bonds. The van der Waals surface area contributed by atoms with Crippen LogP contribution in [0.25, 0.3) is 11.3 Å². The SMILES string of the molecule is CCC(C)C(=O)NC(C(=O)N1CCCC1c1ccnc(-c2ccccc2C)c1)C1CCCCC1. The maximum absolute atomic E-state index is 14.0. The molecule has 1 saturated carbocycles. The van der Waals surface area contributed by atoms with E-state index in [9.17, 15) is 9.59 Å². The molecule has 5 nitrogen and oxygen atoms in total. The fourth-order valence-electron chi connectivity index (χ4n) is 5.55. The number of rotatable bonds is 7. The van der Waals surface area contributed by atoms with Gasteiger partial charge in [0.15, 0.2) is 0 Å². The van der Waals surface area contributed by atoms with Crippen molar-refractivity contribution in [1.82, 2.24) is 15.2 Å². The molecular formula is C29H39N3O2. The van der Waals surface area contributed by atoms with E-state index in [1.165, 1.54) is 12.0 Å². The molecule has 1 aromatic carbocycles. The molecule has 4 rings (SSSR count). The first-order chi connectivity index (χ1) is 16.5. The number of benzene rings is 1. The van der Waals surface area contributed by atoms with E-state index < -0.39 is 6.04 Å². The van der Waals surface area contributed by atoms with Crippen LogP contribution in [0.15, 0.2) is 42.6 Å². The van der Waals surface area contributed by atoms with Gasteiger partial charge in [-0.1, -0.05) is 57.4 Å². The zero-order valence-corrected chi connectivity index (χ0v) is 20.9. The second-order valence-electron chi connectivity index (χ2n) is 10.2. The van der Waals surface area contributed by atoms with Crippen molar-refractivity contribution in [2.24, 2.45) is 11.8 Å². The van der Waals surface area contributed by atoms with Crippen molar-refractivity contribution in [3.05, 3.63) is 53.7 Å². The van der Waals surface area contributed by atoms with E-state index in [1.807, 2.05) is 43.1 Å². The van der Waals surface area contributed by atoms with Gasteiger partial charge in [-0.05, 0) is 68.2 Å². The number of hydrogen-bond donors (Lipinski definition) is 1. The first kappa shape index (κ1) is 24.4. The Hall–Kier alpha value is -2.69. The largest absolute Gasteiger partial charge is 0.344 e. The Morgan fingerprint density at radius 1 is 1.09 bits per heavy atom. The van der Waals surface area contributed by atoms with Crippen LogP contribution in [0, 0.1) is 18.8 Å². The van der Waals surface area contributed by atoms with Crippen LogP contribution in [0.1, 0.15) is 82.4 Å². The molecule has 1 saturated heterocycles. The van der Waals surface area contributed by atoms with Gasteiger partial charge < -0.3 is 10.2 Å². The molecule has 34 heavy (non-hydrogen) atoms. The van der Waals surface area contributed by atoms with Gasteiger partial charge >= 0.3 is 0 Å². The second-order valence-corrected chi connectivity index (χ2v) is 10.2. The van der Waals surface area contributed by atoms with Crippen molar-refractivity contribution in [2.45, 2.75) is 84.2 Å². The number of nitrogens with zero attached hydrogens (tertiary/aromatic N) is 2. The lowest BCUT2D eigenvalue weighted by Gasteiger charge is -2.35. The van der Waals surface area contributed by atoms with E-state index in [0.717, 1.165) is 68.3 Å². The fourth-order valence-corrected chi connectivity index (χ4v) is 5.55. The average Bonchev–Trinajstić information content (AvgIpc) is 3.37.